The van der Waals surface area contributed by atoms with Crippen molar-refractivity contribution in [1.82, 2.24) is 15.0 Å². The zero-order valence-corrected chi connectivity index (χ0v) is 10.9. The normalized spacial score (nSPS) is 12.5. The highest BCUT2D eigenvalue weighted by molar-refractivity contribution is 7.15. The molecule has 2 N–H and O–H groups in total. The smallest absolute Gasteiger partial charge is 0.188 e. The molecule has 5 nitrogen and oxygen atoms in total. The molecule has 0 amide bonds. The zero-order chi connectivity index (χ0) is 12.4. The molecule has 0 radical (unpaired) electrons. The first-order chi connectivity index (χ1) is 8.04. The third kappa shape index (κ3) is 3.12. The number of hydrogen-bond donors (Lipinski definition) is 2. The average molecular weight is 271 g/mol. The van der Waals surface area contributed by atoms with Crippen molar-refractivity contribution in [2.75, 3.05) is 5.32 Å². The molecule has 0 aromatic carbocycles. The lowest BCUT2D eigenvalue weighted by Crippen LogP contribution is -1.96. The molecule has 7 heteroatoms. The molecule has 0 fully saturated rings. The summed E-state index contributed by atoms with van der Waals surface area (Å²) in [7, 11) is 0. The fraction of sp³-hybridized carbons (Fsp3) is 0.300. The van der Waals surface area contributed by atoms with E-state index < -0.39 is 6.10 Å². The molecule has 17 heavy (non-hydrogen) atoms. The van der Waals surface area contributed by atoms with Gasteiger partial charge >= 0.3 is 0 Å². The van der Waals surface area contributed by atoms with Gasteiger partial charge in [-0.1, -0.05) is 22.9 Å². The van der Waals surface area contributed by atoms with Gasteiger partial charge in [-0.15, -0.1) is 0 Å². The van der Waals surface area contributed by atoms with Gasteiger partial charge in [0, 0.05) is 12.3 Å². The van der Waals surface area contributed by atoms with Gasteiger partial charge in [-0.05, 0) is 13.8 Å². The van der Waals surface area contributed by atoms with Crippen LogP contribution in [0, 0.1) is 6.92 Å². The molecular weight excluding hydrogens is 260 g/mol. The van der Waals surface area contributed by atoms with Crippen molar-refractivity contribution in [3.05, 3.63) is 28.1 Å². The lowest BCUT2D eigenvalue weighted by atomic mass is 10.4. The van der Waals surface area contributed by atoms with Crippen LogP contribution in [0.5, 0.6) is 0 Å². The summed E-state index contributed by atoms with van der Waals surface area (Å²) in [6, 6.07) is 1.62. The van der Waals surface area contributed by atoms with Gasteiger partial charge in [0.1, 0.15) is 16.8 Å². The second kappa shape index (κ2) is 4.95. The van der Waals surface area contributed by atoms with Gasteiger partial charge in [-0.2, -0.15) is 0 Å². The Morgan fingerprint density at radius 3 is 2.82 bits per heavy atom. The number of anilines is 2. The maximum atomic E-state index is 9.39. The maximum absolute atomic E-state index is 9.39. The Bertz CT molecular complexity index is 509. The predicted molar refractivity (Wildman–Crippen MR) is 67.8 cm³/mol. The summed E-state index contributed by atoms with van der Waals surface area (Å²) in [5, 5.41) is 13.5. The van der Waals surface area contributed by atoms with Gasteiger partial charge in [0.25, 0.3) is 0 Å². The van der Waals surface area contributed by atoms with E-state index in [9.17, 15) is 5.11 Å². The van der Waals surface area contributed by atoms with Gasteiger partial charge in [0.15, 0.2) is 5.13 Å². The highest BCUT2D eigenvalue weighted by Gasteiger charge is 2.08. The van der Waals surface area contributed by atoms with Crippen LogP contribution in [0.3, 0.4) is 0 Å². The zero-order valence-electron chi connectivity index (χ0n) is 9.31. The maximum Gasteiger partial charge on any atom is 0.188 e. The summed E-state index contributed by atoms with van der Waals surface area (Å²) in [5.74, 6) is 1.18. The van der Waals surface area contributed by atoms with Crippen LogP contribution in [0.15, 0.2) is 12.3 Å². The number of aromatic nitrogens is 3. The first-order valence-corrected chi connectivity index (χ1v) is 6.16. The highest BCUT2D eigenvalue weighted by Crippen LogP contribution is 2.26. The molecule has 0 saturated heterocycles. The first kappa shape index (κ1) is 12.2. The average Bonchev–Trinajstić information content (AvgIpc) is 2.64. The minimum absolute atomic E-state index is 0.382. The number of nitrogens with zero attached hydrogens (tertiary/aromatic N) is 3. The molecular formula is C10H11ClN4OS. The van der Waals surface area contributed by atoms with Crippen molar-refractivity contribution < 1.29 is 5.11 Å². The third-order valence-electron chi connectivity index (χ3n) is 1.98. The van der Waals surface area contributed by atoms with E-state index in [1.54, 1.807) is 26.1 Å². The lowest BCUT2D eigenvalue weighted by Gasteiger charge is -2.02. The van der Waals surface area contributed by atoms with Crippen molar-refractivity contribution >= 4 is 33.9 Å². The van der Waals surface area contributed by atoms with Gasteiger partial charge in [-0.3, -0.25) is 0 Å². The molecule has 0 aliphatic rings. The van der Waals surface area contributed by atoms with E-state index in [1.165, 1.54) is 11.3 Å². The Morgan fingerprint density at radius 2 is 2.24 bits per heavy atom. The van der Waals surface area contributed by atoms with E-state index in [-0.39, 0.29) is 0 Å². The molecule has 2 rings (SSSR count). The standard InChI is InChI=1S/C10H11ClN4OS/c1-5(16)7-4-12-10(17-7)15-9-3-8(11)13-6(2)14-9/h3-5,16H,1-2H3,(H,12,13,14,15). The number of halogens is 1. The Balaban J connectivity index is 2.19. The summed E-state index contributed by atoms with van der Waals surface area (Å²) in [6.07, 6.45) is 1.12. The van der Waals surface area contributed by atoms with Crippen LogP contribution in [0.1, 0.15) is 23.7 Å². The predicted octanol–water partition coefficient (Wildman–Crippen LogP) is 2.69. The quantitative estimate of drug-likeness (QED) is 0.839. The summed E-state index contributed by atoms with van der Waals surface area (Å²) < 4.78 is 0. The molecule has 0 bridgehead atoms. The van der Waals surface area contributed by atoms with Crippen molar-refractivity contribution in [3.8, 4) is 0 Å². The van der Waals surface area contributed by atoms with Crippen LogP contribution in [0.4, 0.5) is 10.9 Å². The third-order valence-corrected chi connectivity index (χ3v) is 3.25. The number of rotatable bonds is 3. The van der Waals surface area contributed by atoms with E-state index >= 15 is 0 Å². The fourth-order valence-corrected chi connectivity index (χ4v) is 2.23. The number of nitrogens with one attached hydrogen (secondary N) is 1. The Hall–Kier alpha value is -1.24. The molecule has 2 heterocycles. The molecule has 2 aromatic rings. The molecule has 0 aliphatic heterocycles. The summed E-state index contributed by atoms with van der Waals surface area (Å²) >= 11 is 7.20. The molecule has 0 spiro atoms. The van der Waals surface area contributed by atoms with Crippen molar-refractivity contribution in [1.29, 1.82) is 0 Å². The largest absolute Gasteiger partial charge is 0.388 e. The summed E-state index contributed by atoms with van der Waals surface area (Å²) in [5.41, 5.74) is 0. The van der Waals surface area contributed by atoms with Gasteiger partial charge in [-0.25, -0.2) is 15.0 Å². The van der Waals surface area contributed by atoms with Crippen molar-refractivity contribution in [3.63, 3.8) is 0 Å². The Morgan fingerprint density at radius 1 is 1.47 bits per heavy atom. The van der Waals surface area contributed by atoms with Crippen molar-refractivity contribution in [2.45, 2.75) is 20.0 Å². The van der Waals surface area contributed by atoms with Gasteiger partial charge < -0.3 is 10.4 Å². The van der Waals surface area contributed by atoms with Gasteiger partial charge in [0.2, 0.25) is 0 Å². The van der Waals surface area contributed by atoms with Crippen molar-refractivity contribution in [2.24, 2.45) is 0 Å². The number of hydrogen-bond acceptors (Lipinski definition) is 6. The molecule has 1 atom stereocenters. The van der Waals surface area contributed by atoms with E-state index in [0.29, 0.717) is 21.9 Å². The molecule has 1 unspecified atom stereocenters. The number of aliphatic hydroxyl groups is 1. The van der Waals surface area contributed by atoms with Crippen LogP contribution in [-0.2, 0) is 0 Å². The second-order valence-electron chi connectivity index (χ2n) is 3.49. The monoisotopic (exact) mass is 270 g/mol. The van der Waals surface area contributed by atoms with Gasteiger partial charge in [0.05, 0.1) is 11.0 Å². The minimum atomic E-state index is -0.515. The number of aliphatic hydroxyl groups excluding tert-OH is 1. The summed E-state index contributed by atoms with van der Waals surface area (Å²) in [6.45, 7) is 3.46. The van der Waals surface area contributed by atoms with Crippen LogP contribution in [0.2, 0.25) is 5.15 Å². The Labute approximate surface area is 108 Å². The lowest BCUT2D eigenvalue weighted by molar-refractivity contribution is 0.203. The number of thiazole rings is 1. The molecule has 2 aromatic heterocycles. The van der Waals surface area contributed by atoms with E-state index in [1.807, 2.05) is 0 Å². The topological polar surface area (TPSA) is 70.9 Å². The minimum Gasteiger partial charge on any atom is -0.388 e. The van der Waals surface area contributed by atoms with E-state index in [0.717, 1.165) is 4.88 Å². The first-order valence-electron chi connectivity index (χ1n) is 4.96. The second-order valence-corrected chi connectivity index (χ2v) is 4.94. The number of aryl methyl sites for hydroxylation is 1. The molecule has 0 saturated carbocycles. The van der Waals surface area contributed by atoms with Crippen LogP contribution < -0.4 is 5.32 Å². The Kier molecular flexibility index (Phi) is 3.56. The van der Waals surface area contributed by atoms with Crippen LogP contribution in [-0.4, -0.2) is 20.1 Å². The SMILES string of the molecule is Cc1nc(Cl)cc(Nc2ncc(C(C)O)s2)n1. The highest BCUT2D eigenvalue weighted by atomic mass is 35.5. The van der Waals surface area contributed by atoms with Crippen LogP contribution in [0.25, 0.3) is 0 Å². The molecule has 90 valence electrons. The van der Waals surface area contributed by atoms with E-state index in [2.05, 4.69) is 20.3 Å². The summed E-state index contributed by atoms with van der Waals surface area (Å²) in [4.78, 5) is 13.1. The molecule has 0 aliphatic carbocycles. The van der Waals surface area contributed by atoms with E-state index in [4.69, 9.17) is 11.6 Å². The fourth-order valence-electron chi connectivity index (χ4n) is 1.24. The van der Waals surface area contributed by atoms with Crippen LogP contribution >= 0.6 is 22.9 Å².